The van der Waals surface area contributed by atoms with Crippen LogP contribution in [0.5, 0.6) is 0 Å². The van der Waals surface area contributed by atoms with E-state index in [1.807, 2.05) is 22.8 Å². The van der Waals surface area contributed by atoms with Crippen LogP contribution < -0.4 is 10.2 Å². The predicted molar refractivity (Wildman–Crippen MR) is 117 cm³/mol. The Morgan fingerprint density at radius 3 is 2.87 bits per heavy atom. The van der Waals surface area contributed by atoms with Gasteiger partial charge in [0.05, 0.1) is 0 Å². The number of anilines is 1. The topological polar surface area (TPSA) is 80.5 Å². The summed E-state index contributed by atoms with van der Waals surface area (Å²) in [4.78, 5) is 8.15. The Kier molecular flexibility index (Phi) is 5.20. The van der Waals surface area contributed by atoms with Crippen LogP contribution in [0, 0.1) is 5.92 Å². The first-order chi connectivity index (χ1) is 14.5. The van der Waals surface area contributed by atoms with Crippen LogP contribution in [0.3, 0.4) is 0 Å². The van der Waals surface area contributed by atoms with E-state index in [9.17, 15) is 0 Å². The van der Waals surface area contributed by atoms with Crippen LogP contribution in [-0.2, 0) is 16.7 Å². The van der Waals surface area contributed by atoms with Gasteiger partial charge in [-0.25, -0.2) is 4.98 Å². The van der Waals surface area contributed by atoms with Gasteiger partial charge in [0.2, 0.25) is 0 Å². The maximum atomic E-state index is 5.73. The molecule has 1 unspecified atom stereocenters. The molecule has 0 aromatic carbocycles. The monoisotopic (exact) mass is 427 g/mol. The number of rotatable bonds is 6. The lowest BCUT2D eigenvalue weighted by atomic mass is 9.96. The first kappa shape index (κ1) is 19.8. The van der Waals surface area contributed by atoms with Gasteiger partial charge in [-0.15, -0.1) is 26.6 Å². The molecule has 2 saturated heterocycles. The molecule has 0 radical (unpaired) electrons. The van der Waals surface area contributed by atoms with Crippen molar-refractivity contribution in [1.82, 2.24) is 30.1 Å². The number of fused-ring (bicyclic) bond motifs is 1. The lowest BCUT2D eigenvalue weighted by molar-refractivity contribution is 0.111. The molecule has 5 rings (SSSR count). The number of aromatic nitrogens is 5. The molecule has 8 nitrogen and oxygen atoms in total. The maximum absolute atomic E-state index is 5.73. The van der Waals surface area contributed by atoms with Crippen LogP contribution in [0.4, 0.5) is 5.82 Å². The van der Waals surface area contributed by atoms with Crippen LogP contribution in [-0.4, -0.2) is 51.0 Å². The minimum atomic E-state index is -0.0904. The molecule has 3 aromatic heterocycles. The van der Waals surface area contributed by atoms with E-state index in [2.05, 4.69) is 46.2 Å². The van der Waals surface area contributed by atoms with Crippen molar-refractivity contribution in [2.24, 2.45) is 5.92 Å². The smallest absolute Gasteiger partial charge is 0.178 e. The highest BCUT2D eigenvalue weighted by Crippen LogP contribution is 2.31. The van der Waals surface area contributed by atoms with Gasteiger partial charge in [-0.2, -0.15) is 4.52 Å². The van der Waals surface area contributed by atoms with E-state index in [0.717, 1.165) is 67.9 Å². The third-order valence-electron chi connectivity index (χ3n) is 5.71. The molecular formula is C21H29N7OS. The Morgan fingerprint density at radius 1 is 1.23 bits per heavy atom. The number of nitrogens with one attached hydrogen (secondary N) is 1. The zero-order valence-corrected chi connectivity index (χ0v) is 18.7. The molecule has 3 aromatic rings. The van der Waals surface area contributed by atoms with E-state index in [4.69, 9.17) is 9.84 Å². The number of nitrogens with zero attached hydrogens (tertiary/aromatic N) is 6. The second-order valence-electron chi connectivity index (χ2n) is 9.30. The second-order valence-corrected chi connectivity index (χ2v) is 10.5. The van der Waals surface area contributed by atoms with Crippen molar-refractivity contribution in [3.05, 3.63) is 34.0 Å². The highest BCUT2D eigenvalue weighted by molar-refractivity contribution is 7.11. The van der Waals surface area contributed by atoms with Gasteiger partial charge in [-0.05, 0) is 25.0 Å². The molecule has 2 fully saturated rings. The van der Waals surface area contributed by atoms with Gasteiger partial charge in [0.25, 0.3) is 0 Å². The maximum Gasteiger partial charge on any atom is 0.178 e. The van der Waals surface area contributed by atoms with Crippen molar-refractivity contribution in [2.75, 3.05) is 31.1 Å². The fourth-order valence-corrected chi connectivity index (χ4v) is 5.00. The van der Waals surface area contributed by atoms with Gasteiger partial charge < -0.3 is 15.0 Å². The average molecular weight is 428 g/mol. The molecule has 0 aliphatic carbocycles. The second kappa shape index (κ2) is 7.86. The molecule has 0 saturated carbocycles. The third-order valence-corrected chi connectivity index (χ3v) is 6.80. The van der Waals surface area contributed by atoms with E-state index in [1.165, 1.54) is 4.88 Å². The van der Waals surface area contributed by atoms with Crippen LogP contribution in [0.25, 0.3) is 5.65 Å². The Labute approximate surface area is 180 Å². The van der Waals surface area contributed by atoms with E-state index in [1.54, 1.807) is 11.3 Å². The van der Waals surface area contributed by atoms with Crippen molar-refractivity contribution >= 4 is 22.8 Å². The van der Waals surface area contributed by atoms with Crippen LogP contribution in [0.1, 0.15) is 55.4 Å². The summed E-state index contributed by atoms with van der Waals surface area (Å²) in [6.07, 6.45) is 4.46. The van der Waals surface area contributed by atoms with Crippen molar-refractivity contribution in [2.45, 2.75) is 51.7 Å². The van der Waals surface area contributed by atoms with Crippen LogP contribution >= 0.6 is 11.3 Å². The van der Waals surface area contributed by atoms with Gasteiger partial charge >= 0.3 is 0 Å². The Morgan fingerprint density at radius 2 is 2.10 bits per heavy atom. The van der Waals surface area contributed by atoms with Gasteiger partial charge in [-0.3, -0.25) is 0 Å². The zero-order chi connectivity index (χ0) is 20.7. The summed E-state index contributed by atoms with van der Waals surface area (Å²) in [6.45, 7) is 11.2. The van der Waals surface area contributed by atoms with E-state index >= 15 is 0 Å². The van der Waals surface area contributed by atoms with E-state index in [-0.39, 0.29) is 11.5 Å². The first-order valence-electron chi connectivity index (χ1n) is 10.7. The summed E-state index contributed by atoms with van der Waals surface area (Å²) in [5.74, 6) is 2.52. The number of hydrogen-bond acceptors (Lipinski definition) is 8. The van der Waals surface area contributed by atoms with Crippen molar-refractivity contribution < 1.29 is 4.74 Å². The molecule has 5 heterocycles. The van der Waals surface area contributed by atoms with Crippen molar-refractivity contribution in [1.29, 1.82) is 0 Å². The summed E-state index contributed by atoms with van der Waals surface area (Å²) in [6, 6.07) is 4.05. The molecule has 0 spiro atoms. The summed E-state index contributed by atoms with van der Waals surface area (Å²) in [5.41, 5.74) is 0.710. The van der Waals surface area contributed by atoms with Crippen molar-refractivity contribution in [3.63, 3.8) is 0 Å². The molecule has 2 aliphatic rings. The SMILES string of the molecule is CC(C)(C)c1nnc2ccc(N3CC(CNCc4cnc(C5CCCO5)s4)C3)nn12. The summed E-state index contributed by atoms with van der Waals surface area (Å²) < 4.78 is 7.61. The fraction of sp³-hybridized carbons (Fsp3) is 0.619. The summed E-state index contributed by atoms with van der Waals surface area (Å²) in [7, 11) is 0. The Balaban J connectivity index is 1.12. The number of ether oxygens (including phenoxy) is 1. The number of thiazole rings is 1. The highest BCUT2D eigenvalue weighted by atomic mass is 32.1. The normalized spacial score (nSPS) is 20.2. The van der Waals surface area contributed by atoms with E-state index < -0.39 is 0 Å². The quantitative estimate of drug-likeness (QED) is 0.648. The molecule has 1 atom stereocenters. The molecule has 1 N–H and O–H groups in total. The molecule has 9 heteroatoms. The Bertz CT molecular complexity index is 1010. The highest BCUT2D eigenvalue weighted by Gasteiger charge is 2.29. The standard InChI is InChI=1S/C21H29N7OS/c1-21(2,3)20-25-24-17-6-7-18(26-28(17)20)27-12-14(13-27)9-22-10-15-11-23-19(30-15)16-5-4-8-29-16/h6-7,11,14,16,22H,4-5,8-10,12-13H2,1-3H3. The van der Waals surface area contributed by atoms with Gasteiger partial charge in [0.15, 0.2) is 11.5 Å². The van der Waals surface area contributed by atoms with Gasteiger partial charge in [0.1, 0.15) is 16.9 Å². The molecule has 2 aliphatic heterocycles. The summed E-state index contributed by atoms with van der Waals surface area (Å²) in [5, 5.41) is 18.1. The fourth-order valence-electron chi connectivity index (χ4n) is 4.03. The number of hydrogen-bond donors (Lipinski definition) is 1. The van der Waals surface area contributed by atoms with Crippen molar-refractivity contribution in [3.8, 4) is 0 Å². The van der Waals surface area contributed by atoms with E-state index in [0.29, 0.717) is 5.92 Å². The van der Waals surface area contributed by atoms with Gasteiger partial charge in [0, 0.05) is 55.2 Å². The average Bonchev–Trinajstić information content (AvgIpc) is 3.42. The van der Waals surface area contributed by atoms with Crippen LogP contribution in [0.15, 0.2) is 18.3 Å². The summed E-state index contributed by atoms with van der Waals surface area (Å²) >= 11 is 1.78. The molecule has 30 heavy (non-hydrogen) atoms. The molecular weight excluding hydrogens is 398 g/mol. The molecule has 0 bridgehead atoms. The molecule has 0 amide bonds. The first-order valence-corrected chi connectivity index (χ1v) is 11.5. The van der Waals surface area contributed by atoms with Gasteiger partial charge in [-0.1, -0.05) is 20.8 Å². The zero-order valence-electron chi connectivity index (χ0n) is 17.8. The minimum absolute atomic E-state index is 0.0904. The Hall–Kier alpha value is -2.10. The third kappa shape index (κ3) is 3.93. The molecule has 160 valence electrons. The minimum Gasteiger partial charge on any atom is -0.371 e. The predicted octanol–water partition coefficient (Wildman–Crippen LogP) is 2.96. The lowest BCUT2D eigenvalue weighted by Gasteiger charge is -2.40. The van der Waals surface area contributed by atoms with Crippen LogP contribution in [0.2, 0.25) is 0 Å². The lowest BCUT2D eigenvalue weighted by Crippen LogP contribution is -2.51. The largest absolute Gasteiger partial charge is 0.371 e.